The highest BCUT2D eigenvalue weighted by Crippen LogP contribution is 2.01. The van der Waals surface area contributed by atoms with E-state index in [0.717, 1.165) is 32.7 Å². The van der Waals surface area contributed by atoms with Gasteiger partial charge in [-0.15, -0.1) is 0 Å². The minimum atomic E-state index is -0.0400. The number of hydrogen-bond acceptors (Lipinski definition) is 4. The Hall–Kier alpha value is -0.650. The SMILES string of the molecule is O=C(C1CNCCN1)N1CCOCC1. The second-order valence-electron chi connectivity index (χ2n) is 3.65. The van der Waals surface area contributed by atoms with Crippen molar-refractivity contribution < 1.29 is 9.53 Å². The van der Waals surface area contributed by atoms with Gasteiger partial charge in [0.2, 0.25) is 5.91 Å². The number of nitrogens with one attached hydrogen (secondary N) is 2. The van der Waals surface area contributed by atoms with E-state index >= 15 is 0 Å². The average Bonchev–Trinajstić information content (AvgIpc) is 2.30. The molecule has 1 atom stereocenters. The predicted molar refractivity (Wildman–Crippen MR) is 52.1 cm³/mol. The van der Waals surface area contributed by atoms with E-state index in [1.54, 1.807) is 0 Å². The average molecular weight is 199 g/mol. The normalized spacial score (nSPS) is 28.9. The molecule has 2 heterocycles. The summed E-state index contributed by atoms with van der Waals surface area (Å²) >= 11 is 0. The lowest BCUT2D eigenvalue weighted by molar-refractivity contribution is -0.137. The maximum absolute atomic E-state index is 11.9. The molecule has 1 amide bonds. The second-order valence-corrected chi connectivity index (χ2v) is 3.65. The van der Waals surface area contributed by atoms with Crippen molar-refractivity contribution in [2.45, 2.75) is 6.04 Å². The summed E-state index contributed by atoms with van der Waals surface area (Å²) in [6.07, 6.45) is 0. The molecule has 2 rings (SSSR count). The highest BCUT2D eigenvalue weighted by atomic mass is 16.5. The zero-order chi connectivity index (χ0) is 9.80. The smallest absolute Gasteiger partial charge is 0.241 e. The van der Waals surface area contributed by atoms with Crippen LogP contribution in [-0.4, -0.2) is 62.8 Å². The van der Waals surface area contributed by atoms with Gasteiger partial charge in [0, 0.05) is 32.7 Å². The van der Waals surface area contributed by atoms with Crippen molar-refractivity contribution in [3.8, 4) is 0 Å². The first-order valence-electron chi connectivity index (χ1n) is 5.18. The molecular weight excluding hydrogens is 182 g/mol. The van der Waals surface area contributed by atoms with Crippen molar-refractivity contribution in [1.29, 1.82) is 0 Å². The van der Waals surface area contributed by atoms with Gasteiger partial charge in [0.05, 0.1) is 19.3 Å². The molecular formula is C9H17N3O2. The Morgan fingerprint density at radius 2 is 2.07 bits per heavy atom. The van der Waals surface area contributed by atoms with Gasteiger partial charge in [-0.25, -0.2) is 0 Å². The van der Waals surface area contributed by atoms with Crippen LogP contribution in [-0.2, 0) is 9.53 Å². The first-order chi connectivity index (χ1) is 6.88. The number of rotatable bonds is 1. The molecule has 0 saturated carbocycles. The topological polar surface area (TPSA) is 53.6 Å². The first kappa shape index (κ1) is 9.89. The molecule has 2 aliphatic heterocycles. The molecule has 5 heteroatoms. The van der Waals surface area contributed by atoms with Crippen LogP contribution in [0.4, 0.5) is 0 Å². The van der Waals surface area contributed by atoms with Gasteiger partial charge in [-0.05, 0) is 0 Å². The molecule has 2 N–H and O–H groups in total. The fraction of sp³-hybridized carbons (Fsp3) is 0.889. The molecule has 0 aliphatic carbocycles. The summed E-state index contributed by atoms with van der Waals surface area (Å²) in [5.41, 5.74) is 0. The van der Waals surface area contributed by atoms with Gasteiger partial charge in [0.15, 0.2) is 0 Å². The number of carbonyl (C=O) groups is 1. The maximum atomic E-state index is 11.9. The number of amides is 1. The summed E-state index contributed by atoms with van der Waals surface area (Å²) in [4.78, 5) is 13.8. The number of piperazine rings is 1. The van der Waals surface area contributed by atoms with E-state index < -0.39 is 0 Å². The van der Waals surface area contributed by atoms with Crippen molar-refractivity contribution >= 4 is 5.91 Å². The molecule has 0 spiro atoms. The molecule has 80 valence electrons. The largest absolute Gasteiger partial charge is 0.378 e. The van der Waals surface area contributed by atoms with Crippen LogP contribution in [0.3, 0.4) is 0 Å². The monoisotopic (exact) mass is 199 g/mol. The Morgan fingerprint density at radius 3 is 2.71 bits per heavy atom. The fourth-order valence-electron chi connectivity index (χ4n) is 1.83. The lowest BCUT2D eigenvalue weighted by Gasteiger charge is -2.32. The number of nitrogens with zero attached hydrogens (tertiary/aromatic N) is 1. The number of carbonyl (C=O) groups excluding carboxylic acids is 1. The summed E-state index contributed by atoms with van der Waals surface area (Å²) in [7, 11) is 0. The third kappa shape index (κ3) is 2.23. The van der Waals surface area contributed by atoms with Crippen LogP contribution in [0.2, 0.25) is 0 Å². The molecule has 0 aromatic carbocycles. The summed E-state index contributed by atoms with van der Waals surface area (Å²) in [6, 6.07) is -0.0400. The van der Waals surface area contributed by atoms with Crippen LogP contribution < -0.4 is 10.6 Å². The molecule has 0 aromatic rings. The minimum Gasteiger partial charge on any atom is -0.378 e. The van der Waals surface area contributed by atoms with Crippen molar-refractivity contribution in [1.82, 2.24) is 15.5 Å². The molecule has 2 saturated heterocycles. The highest BCUT2D eigenvalue weighted by molar-refractivity contribution is 5.82. The van der Waals surface area contributed by atoms with E-state index in [1.165, 1.54) is 0 Å². The molecule has 1 unspecified atom stereocenters. The van der Waals surface area contributed by atoms with Crippen LogP contribution in [0.1, 0.15) is 0 Å². The Labute approximate surface area is 83.8 Å². The highest BCUT2D eigenvalue weighted by Gasteiger charge is 2.26. The Balaban J connectivity index is 1.85. The van der Waals surface area contributed by atoms with Gasteiger partial charge in [-0.2, -0.15) is 0 Å². The van der Waals surface area contributed by atoms with Crippen molar-refractivity contribution in [2.75, 3.05) is 45.9 Å². The van der Waals surface area contributed by atoms with E-state index in [1.807, 2.05) is 4.90 Å². The van der Waals surface area contributed by atoms with Crippen LogP contribution >= 0.6 is 0 Å². The van der Waals surface area contributed by atoms with Crippen molar-refractivity contribution in [3.05, 3.63) is 0 Å². The van der Waals surface area contributed by atoms with E-state index in [4.69, 9.17) is 4.74 Å². The Kier molecular flexibility index (Phi) is 3.34. The fourth-order valence-corrected chi connectivity index (χ4v) is 1.83. The quantitative estimate of drug-likeness (QED) is 0.534. The van der Waals surface area contributed by atoms with Gasteiger partial charge in [0.25, 0.3) is 0 Å². The van der Waals surface area contributed by atoms with Crippen LogP contribution in [0, 0.1) is 0 Å². The first-order valence-corrected chi connectivity index (χ1v) is 5.18. The lowest BCUT2D eigenvalue weighted by atomic mass is 10.2. The van der Waals surface area contributed by atoms with E-state index in [-0.39, 0.29) is 11.9 Å². The Morgan fingerprint density at radius 1 is 1.29 bits per heavy atom. The van der Waals surface area contributed by atoms with Gasteiger partial charge >= 0.3 is 0 Å². The molecule has 0 aromatic heterocycles. The van der Waals surface area contributed by atoms with Gasteiger partial charge in [0.1, 0.15) is 0 Å². The van der Waals surface area contributed by atoms with Crippen molar-refractivity contribution in [3.63, 3.8) is 0 Å². The summed E-state index contributed by atoms with van der Waals surface area (Å²) in [5.74, 6) is 0.209. The maximum Gasteiger partial charge on any atom is 0.241 e. The van der Waals surface area contributed by atoms with Crippen LogP contribution in [0.25, 0.3) is 0 Å². The predicted octanol–water partition coefficient (Wildman–Crippen LogP) is -1.59. The van der Waals surface area contributed by atoms with E-state index in [2.05, 4.69) is 10.6 Å². The number of morpholine rings is 1. The number of hydrogen-bond donors (Lipinski definition) is 2. The van der Waals surface area contributed by atoms with Crippen molar-refractivity contribution in [2.24, 2.45) is 0 Å². The minimum absolute atomic E-state index is 0.0400. The standard InChI is InChI=1S/C9H17N3O2/c13-9(8-7-10-1-2-11-8)12-3-5-14-6-4-12/h8,10-11H,1-7H2. The molecule has 2 fully saturated rings. The lowest BCUT2D eigenvalue weighted by Crippen LogP contribution is -2.58. The second kappa shape index (κ2) is 4.72. The molecule has 0 bridgehead atoms. The Bertz CT molecular complexity index is 178. The summed E-state index contributed by atoms with van der Waals surface area (Å²) in [5, 5.41) is 6.44. The summed E-state index contributed by atoms with van der Waals surface area (Å²) < 4.78 is 5.21. The zero-order valence-electron chi connectivity index (χ0n) is 8.29. The third-order valence-electron chi connectivity index (χ3n) is 2.66. The molecule has 5 nitrogen and oxygen atoms in total. The summed E-state index contributed by atoms with van der Waals surface area (Å²) in [6.45, 7) is 5.38. The number of ether oxygens (including phenoxy) is 1. The van der Waals surface area contributed by atoms with E-state index in [0.29, 0.717) is 13.2 Å². The molecule has 0 radical (unpaired) electrons. The molecule has 2 aliphatic rings. The van der Waals surface area contributed by atoms with Gasteiger partial charge in [-0.3, -0.25) is 4.79 Å². The van der Waals surface area contributed by atoms with Gasteiger partial charge < -0.3 is 20.3 Å². The third-order valence-corrected chi connectivity index (χ3v) is 2.66. The van der Waals surface area contributed by atoms with Crippen LogP contribution in [0.15, 0.2) is 0 Å². The van der Waals surface area contributed by atoms with E-state index in [9.17, 15) is 4.79 Å². The van der Waals surface area contributed by atoms with Gasteiger partial charge in [-0.1, -0.05) is 0 Å². The van der Waals surface area contributed by atoms with Crippen LogP contribution in [0.5, 0.6) is 0 Å². The molecule has 14 heavy (non-hydrogen) atoms. The zero-order valence-corrected chi connectivity index (χ0v) is 8.29.